The van der Waals surface area contributed by atoms with Crippen molar-refractivity contribution < 1.29 is 9.59 Å². The maximum Gasteiger partial charge on any atom is 0.312 e. The molecule has 1 unspecified atom stereocenters. The first-order valence-corrected chi connectivity index (χ1v) is 7.42. The van der Waals surface area contributed by atoms with E-state index in [0.29, 0.717) is 19.6 Å². The molecule has 0 spiro atoms. The molecule has 0 bridgehead atoms. The Morgan fingerprint density at radius 3 is 2.42 bits per heavy atom. The maximum absolute atomic E-state index is 12.4. The predicted octanol–water partition coefficient (Wildman–Crippen LogP) is 0.845. The molecule has 0 aromatic heterocycles. The third kappa shape index (κ3) is 4.49. The van der Waals surface area contributed by atoms with Crippen molar-refractivity contribution in [1.29, 1.82) is 0 Å². The minimum atomic E-state index is -0.335. The Morgan fingerprint density at radius 1 is 1.26 bits per heavy atom. The van der Waals surface area contributed by atoms with E-state index in [2.05, 4.69) is 12.2 Å². The fourth-order valence-corrected chi connectivity index (χ4v) is 2.20. The lowest BCUT2D eigenvalue weighted by Crippen LogP contribution is -2.53. The van der Waals surface area contributed by atoms with Gasteiger partial charge in [-0.1, -0.05) is 20.3 Å². The molecular formula is C14H27N3O2. The minimum absolute atomic E-state index is 0.130. The number of hydrogen-bond donors (Lipinski definition) is 1. The van der Waals surface area contributed by atoms with Crippen LogP contribution in [0.5, 0.6) is 0 Å². The Hall–Kier alpha value is -1.10. The molecule has 19 heavy (non-hydrogen) atoms. The Morgan fingerprint density at radius 2 is 1.89 bits per heavy atom. The van der Waals surface area contributed by atoms with Crippen LogP contribution in [0.2, 0.25) is 0 Å². The van der Waals surface area contributed by atoms with Gasteiger partial charge in [0.2, 0.25) is 0 Å². The minimum Gasteiger partial charge on any atom is -0.332 e. The largest absolute Gasteiger partial charge is 0.332 e. The van der Waals surface area contributed by atoms with Crippen LogP contribution in [0.1, 0.15) is 40.0 Å². The number of piperazine rings is 1. The van der Waals surface area contributed by atoms with Gasteiger partial charge in [0.25, 0.3) is 0 Å². The van der Waals surface area contributed by atoms with Crippen molar-refractivity contribution in [3.63, 3.8) is 0 Å². The summed E-state index contributed by atoms with van der Waals surface area (Å²) in [5.74, 6) is -0.664. The summed E-state index contributed by atoms with van der Waals surface area (Å²) in [6.45, 7) is 9.65. The number of nitrogens with one attached hydrogen (secondary N) is 1. The van der Waals surface area contributed by atoms with Gasteiger partial charge < -0.3 is 15.1 Å². The molecule has 1 atom stereocenters. The number of amides is 2. The SMILES string of the molecule is CCCCN(C(=O)C(=O)N1CCNCC1)C(C)CC. The van der Waals surface area contributed by atoms with Gasteiger partial charge in [-0.2, -0.15) is 0 Å². The first-order valence-electron chi connectivity index (χ1n) is 7.42. The smallest absolute Gasteiger partial charge is 0.312 e. The fraction of sp³-hybridized carbons (Fsp3) is 0.857. The van der Waals surface area contributed by atoms with Gasteiger partial charge in [0.05, 0.1) is 0 Å². The number of unbranched alkanes of at least 4 members (excludes halogenated alkanes) is 1. The van der Waals surface area contributed by atoms with Crippen LogP contribution in [0, 0.1) is 0 Å². The van der Waals surface area contributed by atoms with Crippen molar-refractivity contribution in [3.05, 3.63) is 0 Å². The van der Waals surface area contributed by atoms with Crippen LogP contribution in [-0.4, -0.2) is 60.4 Å². The molecule has 0 aromatic carbocycles. The first kappa shape index (κ1) is 16.0. The molecule has 1 N–H and O–H groups in total. The van der Waals surface area contributed by atoms with Crippen LogP contribution in [-0.2, 0) is 9.59 Å². The summed E-state index contributed by atoms with van der Waals surface area (Å²) >= 11 is 0. The highest BCUT2D eigenvalue weighted by atomic mass is 16.2. The summed E-state index contributed by atoms with van der Waals surface area (Å²) in [7, 11) is 0. The quantitative estimate of drug-likeness (QED) is 0.753. The van der Waals surface area contributed by atoms with E-state index < -0.39 is 0 Å². The molecule has 1 fully saturated rings. The van der Waals surface area contributed by atoms with Crippen molar-refractivity contribution in [2.75, 3.05) is 32.7 Å². The predicted molar refractivity (Wildman–Crippen MR) is 75.8 cm³/mol. The van der Waals surface area contributed by atoms with Crippen molar-refractivity contribution >= 4 is 11.8 Å². The van der Waals surface area contributed by atoms with E-state index >= 15 is 0 Å². The van der Waals surface area contributed by atoms with Crippen LogP contribution in [0.4, 0.5) is 0 Å². The molecule has 1 saturated heterocycles. The van der Waals surface area contributed by atoms with Gasteiger partial charge in [-0.15, -0.1) is 0 Å². The summed E-state index contributed by atoms with van der Waals surface area (Å²) in [6.07, 6.45) is 2.86. The molecule has 0 aliphatic carbocycles. The van der Waals surface area contributed by atoms with Gasteiger partial charge in [0, 0.05) is 38.8 Å². The van der Waals surface area contributed by atoms with Crippen LogP contribution in [0.25, 0.3) is 0 Å². The molecule has 1 rings (SSSR count). The van der Waals surface area contributed by atoms with Gasteiger partial charge in [0.1, 0.15) is 0 Å². The molecular weight excluding hydrogens is 242 g/mol. The van der Waals surface area contributed by atoms with Gasteiger partial charge in [-0.3, -0.25) is 9.59 Å². The van der Waals surface area contributed by atoms with Crippen LogP contribution in [0.15, 0.2) is 0 Å². The molecule has 1 aliphatic heterocycles. The zero-order valence-electron chi connectivity index (χ0n) is 12.4. The van der Waals surface area contributed by atoms with E-state index in [4.69, 9.17) is 0 Å². The average Bonchev–Trinajstić information content (AvgIpc) is 2.47. The van der Waals surface area contributed by atoms with Crippen molar-refractivity contribution in [1.82, 2.24) is 15.1 Å². The summed E-state index contributed by atoms with van der Waals surface area (Å²) in [4.78, 5) is 28.0. The van der Waals surface area contributed by atoms with Crippen molar-refractivity contribution in [2.45, 2.75) is 46.1 Å². The van der Waals surface area contributed by atoms with Gasteiger partial charge in [-0.05, 0) is 19.8 Å². The Kier molecular flexibility index (Phi) is 6.84. The highest BCUT2D eigenvalue weighted by Crippen LogP contribution is 2.08. The number of carbonyl (C=O) groups is 2. The molecule has 0 radical (unpaired) electrons. The lowest BCUT2D eigenvalue weighted by Gasteiger charge is -2.32. The summed E-state index contributed by atoms with van der Waals surface area (Å²) in [5, 5.41) is 3.19. The monoisotopic (exact) mass is 269 g/mol. The van der Waals surface area contributed by atoms with E-state index in [1.807, 2.05) is 13.8 Å². The molecule has 2 amide bonds. The highest BCUT2D eigenvalue weighted by molar-refractivity contribution is 6.35. The standard InChI is InChI=1S/C14H27N3O2/c1-4-6-9-17(12(3)5-2)14(19)13(18)16-10-7-15-8-11-16/h12,15H,4-11H2,1-3H3. The summed E-state index contributed by atoms with van der Waals surface area (Å²) in [6, 6.07) is 0.130. The zero-order chi connectivity index (χ0) is 14.3. The highest BCUT2D eigenvalue weighted by Gasteiger charge is 2.29. The molecule has 0 saturated carbocycles. The van der Waals surface area contributed by atoms with Crippen molar-refractivity contribution in [3.8, 4) is 0 Å². The van der Waals surface area contributed by atoms with Crippen LogP contribution < -0.4 is 5.32 Å². The second-order valence-electron chi connectivity index (χ2n) is 5.15. The lowest BCUT2D eigenvalue weighted by molar-refractivity contribution is -0.153. The molecule has 1 aliphatic rings. The van der Waals surface area contributed by atoms with E-state index in [1.54, 1.807) is 9.80 Å². The van der Waals surface area contributed by atoms with Gasteiger partial charge >= 0.3 is 11.8 Å². The van der Waals surface area contributed by atoms with Gasteiger partial charge in [-0.25, -0.2) is 0 Å². The van der Waals surface area contributed by atoms with Crippen LogP contribution in [0.3, 0.4) is 0 Å². The number of hydrogen-bond acceptors (Lipinski definition) is 3. The third-order valence-electron chi connectivity index (χ3n) is 3.72. The third-order valence-corrected chi connectivity index (χ3v) is 3.72. The Balaban J connectivity index is 2.65. The van der Waals surface area contributed by atoms with Crippen molar-refractivity contribution in [2.24, 2.45) is 0 Å². The Labute approximate surface area is 116 Å². The normalized spacial score (nSPS) is 17.1. The number of rotatable bonds is 5. The fourth-order valence-electron chi connectivity index (χ4n) is 2.20. The lowest BCUT2D eigenvalue weighted by atomic mass is 10.2. The molecule has 1 heterocycles. The topological polar surface area (TPSA) is 52.7 Å². The summed E-state index contributed by atoms with van der Waals surface area (Å²) in [5.41, 5.74) is 0. The maximum atomic E-state index is 12.4. The van der Waals surface area contributed by atoms with Gasteiger partial charge in [0.15, 0.2) is 0 Å². The Bertz CT molecular complexity index is 301. The van der Waals surface area contributed by atoms with E-state index in [1.165, 1.54) is 0 Å². The molecule has 5 nitrogen and oxygen atoms in total. The molecule has 0 aromatic rings. The molecule has 5 heteroatoms. The van der Waals surface area contributed by atoms with Crippen LogP contribution >= 0.6 is 0 Å². The first-order chi connectivity index (χ1) is 9.11. The second-order valence-corrected chi connectivity index (χ2v) is 5.15. The van der Waals surface area contributed by atoms with E-state index in [9.17, 15) is 9.59 Å². The second kappa shape index (κ2) is 8.15. The van der Waals surface area contributed by atoms with E-state index in [-0.39, 0.29) is 17.9 Å². The average molecular weight is 269 g/mol. The van der Waals surface area contributed by atoms with E-state index in [0.717, 1.165) is 32.4 Å². The summed E-state index contributed by atoms with van der Waals surface area (Å²) < 4.78 is 0. The number of nitrogens with zero attached hydrogens (tertiary/aromatic N) is 2. The number of carbonyl (C=O) groups excluding carboxylic acids is 2. The molecule has 110 valence electrons. The zero-order valence-corrected chi connectivity index (χ0v) is 12.4.